The van der Waals surface area contributed by atoms with Crippen LogP contribution in [0.3, 0.4) is 0 Å². The van der Waals surface area contributed by atoms with Crippen molar-refractivity contribution in [3.05, 3.63) is 70.8 Å². The van der Waals surface area contributed by atoms with Crippen molar-refractivity contribution in [2.45, 2.75) is 167 Å². The highest BCUT2D eigenvalue weighted by Gasteiger charge is 2.59. The average Bonchev–Trinajstić information content (AvgIpc) is 3.56. The Balaban J connectivity index is 1.36. The van der Waals surface area contributed by atoms with Crippen molar-refractivity contribution in [1.29, 1.82) is 0 Å². The maximum atomic E-state index is 2.91. The monoisotopic (exact) mass is 628 g/mol. The molecule has 3 aliphatic rings. The SMILES string of the molecule is CC(CC1CCC([Si](C)(C)[Si](C)(C)C2C(C)CC3C(c4cc(C(C)(C)C)cc(C(C)(C)C)c4)CCCC32)C1)c1ccccc1. The molecule has 0 N–H and O–H groups in total. The second kappa shape index (κ2) is 12.5. The summed E-state index contributed by atoms with van der Waals surface area (Å²) in [6, 6.07) is 19.2. The van der Waals surface area contributed by atoms with Gasteiger partial charge < -0.3 is 0 Å². The molecule has 5 rings (SSSR count). The molecule has 0 nitrogen and oxygen atoms in total. The quantitative estimate of drug-likeness (QED) is 0.268. The van der Waals surface area contributed by atoms with Crippen molar-refractivity contribution in [3.63, 3.8) is 0 Å². The van der Waals surface area contributed by atoms with Crippen LogP contribution in [0.5, 0.6) is 0 Å². The first-order valence-electron chi connectivity index (χ1n) is 18.6. The molecule has 3 fully saturated rings. The van der Waals surface area contributed by atoms with E-state index in [1.54, 1.807) is 22.3 Å². The van der Waals surface area contributed by atoms with Gasteiger partial charge in [-0.3, -0.25) is 0 Å². The van der Waals surface area contributed by atoms with Crippen LogP contribution in [0.15, 0.2) is 48.5 Å². The molecule has 3 aliphatic carbocycles. The molecule has 0 aromatic heterocycles. The lowest BCUT2D eigenvalue weighted by Crippen LogP contribution is -2.62. The molecule has 8 unspecified atom stereocenters. The van der Waals surface area contributed by atoms with Crippen LogP contribution in [0.1, 0.15) is 141 Å². The smallest absolute Gasteiger partial charge is 0.0451 e. The van der Waals surface area contributed by atoms with Crippen LogP contribution < -0.4 is 0 Å². The van der Waals surface area contributed by atoms with Gasteiger partial charge in [0.2, 0.25) is 0 Å². The highest BCUT2D eigenvalue weighted by Crippen LogP contribution is 2.63. The number of fused-ring (bicyclic) bond motifs is 1. The summed E-state index contributed by atoms with van der Waals surface area (Å²) in [6.07, 6.45) is 11.8. The molecule has 0 saturated heterocycles. The van der Waals surface area contributed by atoms with E-state index in [-0.39, 0.29) is 10.8 Å². The van der Waals surface area contributed by atoms with Crippen LogP contribution in [0, 0.1) is 23.7 Å². The van der Waals surface area contributed by atoms with Gasteiger partial charge in [0, 0.05) is 15.2 Å². The second-order valence-electron chi connectivity index (χ2n) is 19.3. The van der Waals surface area contributed by atoms with E-state index < -0.39 is 15.2 Å². The van der Waals surface area contributed by atoms with E-state index in [4.69, 9.17) is 0 Å². The first-order valence-corrected chi connectivity index (χ1v) is 25.8. The van der Waals surface area contributed by atoms with Gasteiger partial charge in [-0.25, -0.2) is 0 Å². The van der Waals surface area contributed by atoms with Crippen molar-refractivity contribution < 1.29 is 0 Å². The van der Waals surface area contributed by atoms with E-state index >= 15 is 0 Å². The van der Waals surface area contributed by atoms with E-state index in [9.17, 15) is 0 Å². The Hall–Kier alpha value is -1.13. The predicted molar refractivity (Wildman–Crippen MR) is 200 cm³/mol. The lowest BCUT2D eigenvalue weighted by Gasteiger charge is -2.51. The Kier molecular flexibility index (Phi) is 9.70. The largest absolute Gasteiger partial charge is 0.0711 e. The molecule has 2 heteroatoms. The van der Waals surface area contributed by atoms with Crippen LogP contribution in [0.25, 0.3) is 0 Å². The van der Waals surface area contributed by atoms with Gasteiger partial charge in [0.05, 0.1) is 0 Å². The van der Waals surface area contributed by atoms with Gasteiger partial charge in [-0.15, -0.1) is 0 Å². The van der Waals surface area contributed by atoms with Crippen LogP contribution >= 0.6 is 0 Å². The third-order valence-corrected chi connectivity index (χ3v) is 34.8. The summed E-state index contributed by atoms with van der Waals surface area (Å²) >= 11 is 0. The predicted octanol–water partition coefficient (Wildman–Crippen LogP) is 13.1. The van der Waals surface area contributed by atoms with Crippen LogP contribution in [0.4, 0.5) is 0 Å². The molecule has 0 radical (unpaired) electrons. The zero-order valence-electron chi connectivity index (χ0n) is 30.9. The number of hydrogen-bond acceptors (Lipinski definition) is 0. The molecule has 2 aromatic rings. The van der Waals surface area contributed by atoms with Crippen LogP contribution in [-0.4, -0.2) is 15.2 Å². The number of rotatable bonds is 7. The molecule has 2 aromatic carbocycles. The molecule has 0 heterocycles. The van der Waals surface area contributed by atoms with E-state index in [1.807, 2.05) is 0 Å². The summed E-state index contributed by atoms with van der Waals surface area (Å²) in [5, 5.41) is 0. The lowest BCUT2D eigenvalue weighted by atomic mass is 9.69. The average molecular weight is 629 g/mol. The van der Waals surface area contributed by atoms with E-state index in [2.05, 4.69) is 130 Å². The minimum absolute atomic E-state index is 0.193. The van der Waals surface area contributed by atoms with Crippen LogP contribution in [-0.2, 0) is 10.8 Å². The maximum absolute atomic E-state index is 2.91. The minimum atomic E-state index is -1.44. The Labute approximate surface area is 275 Å². The minimum Gasteiger partial charge on any atom is -0.0711 e. The fourth-order valence-electron chi connectivity index (χ4n) is 10.8. The van der Waals surface area contributed by atoms with Gasteiger partial charge in [0.1, 0.15) is 0 Å². The van der Waals surface area contributed by atoms with Gasteiger partial charge in [-0.2, -0.15) is 0 Å². The number of benzene rings is 2. The van der Waals surface area contributed by atoms with Gasteiger partial charge >= 0.3 is 0 Å². The highest BCUT2D eigenvalue weighted by atomic mass is 29.3. The molecular formula is C42H68Si2. The third kappa shape index (κ3) is 6.65. The molecule has 244 valence electrons. The summed E-state index contributed by atoms with van der Waals surface area (Å²) in [5.41, 5.74) is 8.77. The third-order valence-electron chi connectivity index (χ3n) is 14.1. The summed E-state index contributed by atoms with van der Waals surface area (Å²) in [5.74, 6) is 5.15. The van der Waals surface area contributed by atoms with Gasteiger partial charge in [-0.05, 0) is 98.9 Å². The topological polar surface area (TPSA) is 0 Å². The Morgan fingerprint density at radius 2 is 1.34 bits per heavy atom. The van der Waals surface area contributed by atoms with Gasteiger partial charge in [0.15, 0.2) is 0 Å². The molecule has 0 spiro atoms. The maximum Gasteiger partial charge on any atom is 0.0451 e. The summed E-state index contributed by atoms with van der Waals surface area (Å²) in [7, 11) is -2.82. The highest BCUT2D eigenvalue weighted by molar-refractivity contribution is 7.41. The summed E-state index contributed by atoms with van der Waals surface area (Å²) in [6.45, 7) is 31.2. The molecule has 0 amide bonds. The van der Waals surface area contributed by atoms with Crippen LogP contribution in [0.2, 0.25) is 37.3 Å². The molecule has 8 atom stereocenters. The fraction of sp³-hybridized carbons (Fsp3) is 0.714. The Morgan fingerprint density at radius 3 is 1.93 bits per heavy atom. The second-order valence-corrected chi connectivity index (χ2v) is 35.4. The number of hydrogen-bond donors (Lipinski definition) is 0. The Morgan fingerprint density at radius 1 is 0.727 bits per heavy atom. The van der Waals surface area contributed by atoms with Crippen molar-refractivity contribution in [2.75, 3.05) is 0 Å². The Bertz CT molecular complexity index is 1230. The fourth-order valence-corrected chi connectivity index (χ4v) is 25.6. The summed E-state index contributed by atoms with van der Waals surface area (Å²) in [4.78, 5) is 0. The van der Waals surface area contributed by atoms with E-state index in [0.717, 1.165) is 40.7 Å². The van der Waals surface area contributed by atoms with Gasteiger partial charge in [-0.1, -0.05) is 162 Å². The van der Waals surface area contributed by atoms with E-state index in [0.29, 0.717) is 5.92 Å². The molecule has 3 saturated carbocycles. The molecular weight excluding hydrogens is 561 g/mol. The van der Waals surface area contributed by atoms with Crippen molar-refractivity contribution in [2.24, 2.45) is 23.7 Å². The standard InChI is InChI=1S/C42H68Si2/c1-29(32-17-14-13-15-18-32)23-31-21-22-36(25-31)43(9,10)44(11,12)40-30(2)24-39-37(19-16-20-38(39)40)33-26-34(41(3,4)5)28-35(27-33)42(6,7)8/h13-15,17-18,26-31,36-40H,16,19-25H2,1-12H3. The molecule has 0 bridgehead atoms. The normalized spacial score (nSPS) is 30.8. The van der Waals surface area contributed by atoms with Crippen molar-refractivity contribution >= 4 is 15.2 Å². The first kappa shape index (κ1) is 34.2. The molecule has 0 aliphatic heterocycles. The van der Waals surface area contributed by atoms with E-state index in [1.165, 1.54) is 51.4 Å². The van der Waals surface area contributed by atoms with Crippen molar-refractivity contribution in [1.82, 2.24) is 0 Å². The van der Waals surface area contributed by atoms with Gasteiger partial charge in [0.25, 0.3) is 0 Å². The molecule has 44 heavy (non-hydrogen) atoms. The van der Waals surface area contributed by atoms with Crippen molar-refractivity contribution in [3.8, 4) is 0 Å². The lowest BCUT2D eigenvalue weighted by molar-refractivity contribution is 0.236. The zero-order valence-corrected chi connectivity index (χ0v) is 32.9. The zero-order chi connectivity index (χ0) is 32.2. The first-order chi connectivity index (χ1) is 20.4. The summed E-state index contributed by atoms with van der Waals surface area (Å²) < 4.78 is 0.